The van der Waals surface area contributed by atoms with Gasteiger partial charge in [0.15, 0.2) is 0 Å². The molecule has 1 aromatic rings. The van der Waals surface area contributed by atoms with Gasteiger partial charge in [-0.15, -0.1) is 0 Å². The van der Waals surface area contributed by atoms with E-state index in [1.807, 2.05) is 6.92 Å². The number of aryl methyl sites for hydroxylation is 2. The van der Waals surface area contributed by atoms with Crippen LogP contribution in [0.4, 0.5) is 5.69 Å². The fourth-order valence-electron chi connectivity index (χ4n) is 1.17. The molecular formula is C12H18N2. The summed E-state index contributed by atoms with van der Waals surface area (Å²) in [5.74, 6) is 0. The van der Waals surface area contributed by atoms with Crippen LogP contribution in [0.5, 0.6) is 0 Å². The van der Waals surface area contributed by atoms with E-state index in [1.54, 1.807) is 0 Å². The van der Waals surface area contributed by atoms with Crippen LogP contribution in [-0.2, 0) is 0 Å². The molecule has 1 aromatic carbocycles. The molecule has 0 amide bonds. The van der Waals surface area contributed by atoms with Gasteiger partial charge in [0.2, 0.25) is 0 Å². The summed E-state index contributed by atoms with van der Waals surface area (Å²) >= 11 is 0. The zero-order valence-corrected chi connectivity index (χ0v) is 9.39. The van der Waals surface area contributed by atoms with E-state index in [-0.39, 0.29) is 0 Å². The third-order valence-electron chi connectivity index (χ3n) is 2.26. The fourth-order valence-corrected chi connectivity index (χ4v) is 1.17. The summed E-state index contributed by atoms with van der Waals surface area (Å²) in [6, 6.07) is 6.31. The van der Waals surface area contributed by atoms with Crippen LogP contribution in [0.15, 0.2) is 23.3 Å². The summed E-state index contributed by atoms with van der Waals surface area (Å²) < 4.78 is 0. The molecule has 0 unspecified atom stereocenters. The molecule has 0 bridgehead atoms. The SMILES string of the molecule is CC/C(C)=N/Nc1ccc(C)cc1C. The number of nitrogens with one attached hydrogen (secondary N) is 1. The van der Waals surface area contributed by atoms with Crippen LogP contribution in [0.2, 0.25) is 0 Å². The van der Waals surface area contributed by atoms with Crippen LogP contribution in [0.25, 0.3) is 0 Å². The first-order valence-corrected chi connectivity index (χ1v) is 5.00. The van der Waals surface area contributed by atoms with Gasteiger partial charge in [0.1, 0.15) is 0 Å². The maximum atomic E-state index is 4.27. The smallest absolute Gasteiger partial charge is 0.0591 e. The number of rotatable bonds is 3. The Labute approximate surface area is 86.0 Å². The van der Waals surface area contributed by atoms with Crippen molar-refractivity contribution in [2.75, 3.05) is 5.43 Å². The Morgan fingerprint density at radius 2 is 2.07 bits per heavy atom. The molecule has 14 heavy (non-hydrogen) atoms. The minimum atomic E-state index is 0.984. The van der Waals surface area contributed by atoms with Crippen molar-refractivity contribution in [2.24, 2.45) is 5.10 Å². The van der Waals surface area contributed by atoms with E-state index in [2.05, 4.69) is 49.5 Å². The minimum Gasteiger partial charge on any atom is -0.278 e. The third kappa shape index (κ3) is 2.87. The average molecular weight is 190 g/mol. The van der Waals surface area contributed by atoms with Crippen LogP contribution in [0.1, 0.15) is 31.4 Å². The highest BCUT2D eigenvalue weighted by Gasteiger charge is 1.96. The summed E-state index contributed by atoms with van der Waals surface area (Å²) in [5.41, 5.74) is 7.80. The zero-order valence-electron chi connectivity index (χ0n) is 9.39. The van der Waals surface area contributed by atoms with E-state index >= 15 is 0 Å². The number of hydrogen-bond acceptors (Lipinski definition) is 2. The normalized spacial score (nSPS) is 11.6. The number of anilines is 1. The van der Waals surface area contributed by atoms with Crippen LogP contribution in [-0.4, -0.2) is 5.71 Å². The highest BCUT2D eigenvalue weighted by molar-refractivity contribution is 5.82. The van der Waals surface area contributed by atoms with Crippen LogP contribution in [0.3, 0.4) is 0 Å². The number of hydrazone groups is 1. The van der Waals surface area contributed by atoms with Crippen LogP contribution >= 0.6 is 0 Å². The highest BCUT2D eigenvalue weighted by atomic mass is 15.3. The van der Waals surface area contributed by atoms with Crippen molar-refractivity contribution in [3.8, 4) is 0 Å². The Kier molecular flexibility index (Phi) is 3.69. The van der Waals surface area contributed by atoms with Gasteiger partial charge < -0.3 is 0 Å². The van der Waals surface area contributed by atoms with Crippen LogP contribution in [0, 0.1) is 13.8 Å². The highest BCUT2D eigenvalue weighted by Crippen LogP contribution is 2.15. The van der Waals surface area contributed by atoms with Crippen molar-refractivity contribution in [2.45, 2.75) is 34.1 Å². The maximum Gasteiger partial charge on any atom is 0.0591 e. The van der Waals surface area contributed by atoms with Gasteiger partial charge in [0.05, 0.1) is 5.69 Å². The van der Waals surface area contributed by atoms with Gasteiger partial charge in [-0.2, -0.15) is 5.10 Å². The average Bonchev–Trinajstić information content (AvgIpc) is 2.16. The molecule has 0 radical (unpaired) electrons. The molecule has 0 spiro atoms. The standard InChI is InChI=1S/C12H18N2/c1-5-11(4)13-14-12-7-6-9(2)8-10(12)3/h6-8,14H,5H2,1-4H3/b13-11+. The summed E-state index contributed by atoms with van der Waals surface area (Å²) in [5, 5.41) is 4.27. The molecule has 0 aliphatic rings. The lowest BCUT2D eigenvalue weighted by Crippen LogP contribution is -1.97. The Hall–Kier alpha value is -1.31. The molecule has 1 N–H and O–H groups in total. The van der Waals surface area contributed by atoms with Gasteiger partial charge in [-0.3, -0.25) is 5.43 Å². The molecule has 0 aliphatic carbocycles. The minimum absolute atomic E-state index is 0.984. The largest absolute Gasteiger partial charge is 0.278 e. The molecular weight excluding hydrogens is 172 g/mol. The first kappa shape index (κ1) is 10.8. The van der Waals surface area contributed by atoms with Crippen molar-refractivity contribution >= 4 is 11.4 Å². The fraction of sp³-hybridized carbons (Fsp3) is 0.417. The summed E-state index contributed by atoms with van der Waals surface area (Å²) in [7, 11) is 0. The topological polar surface area (TPSA) is 24.4 Å². The van der Waals surface area contributed by atoms with Gasteiger partial charge in [-0.05, 0) is 38.8 Å². The van der Waals surface area contributed by atoms with Gasteiger partial charge >= 0.3 is 0 Å². The van der Waals surface area contributed by atoms with E-state index in [1.165, 1.54) is 11.1 Å². The van der Waals surface area contributed by atoms with Gasteiger partial charge in [-0.1, -0.05) is 24.6 Å². The molecule has 1 rings (SSSR count). The van der Waals surface area contributed by atoms with Crippen molar-refractivity contribution < 1.29 is 0 Å². The molecule has 0 saturated carbocycles. The van der Waals surface area contributed by atoms with E-state index in [0.717, 1.165) is 17.8 Å². The Morgan fingerprint density at radius 3 is 2.64 bits per heavy atom. The predicted molar refractivity (Wildman–Crippen MR) is 62.9 cm³/mol. The van der Waals surface area contributed by atoms with Crippen molar-refractivity contribution in [1.82, 2.24) is 0 Å². The summed E-state index contributed by atoms with van der Waals surface area (Å²) in [4.78, 5) is 0. The number of nitrogens with zero attached hydrogens (tertiary/aromatic N) is 1. The van der Waals surface area contributed by atoms with Crippen molar-refractivity contribution in [1.29, 1.82) is 0 Å². The second-order valence-corrected chi connectivity index (χ2v) is 3.63. The number of benzene rings is 1. The third-order valence-corrected chi connectivity index (χ3v) is 2.26. The predicted octanol–water partition coefficient (Wildman–Crippen LogP) is 3.50. The second-order valence-electron chi connectivity index (χ2n) is 3.63. The van der Waals surface area contributed by atoms with Gasteiger partial charge in [0.25, 0.3) is 0 Å². The number of hydrogen-bond donors (Lipinski definition) is 1. The molecule has 0 heterocycles. The van der Waals surface area contributed by atoms with Crippen molar-refractivity contribution in [3.05, 3.63) is 29.3 Å². The second kappa shape index (κ2) is 4.80. The van der Waals surface area contributed by atoms with Crippen LogP contribution < -0.4 is 5.43 Å². The molecule has 0 saturated heterocycles. The van der Waals surface area contributed by atoms with Gasteiger partial charge in [0, 0.05) is 5.71 Å². The van der Waals surface area contributed by atoms with E-state index < -0.39 is 0 Å². The monoisotopic (exact) mass is 190 g/mol. The lowest BCUT2D eigenvalue weighted by Gasteiger charge is -2.06. The molecule has 0 aromatic heterocycles. The van der Waals surface area contributed by atoms with E-state index in [4.69, 9.17) is 0 Å². The van der Waals surface area contributed by atoms with E-state index in [9.17, 15) is 0 Å². The molecule has 76 valence electrons. The molecule has 2 nitrogen and oxygen atoms in total. The first-order chi connectivity index (χ1) is 6.63. The summed E-state index contributed by atoms with van der Waals surface area (Å²) in [6.07, 6.45) is 0.984. The van der Waals surface area contributed by atoms with Crippen molar-refractivity contribution in [3.63, 3.8) is 0 Å². The Balaban J connectivity index is 2.77. The molecule has 2 heteroatoms. The quantitative estimate of drug-likeness (QED) is 0.572. The molecule has 0 fully saturated rings. The Bertz CT molecular complexity index is 340. The van der Waals surface area contributed by atoms with E-state index in [0.29, 0.717) is 0 Å². The summed E-state index contributed by atoms with van der Waals surface area (Å²) in [6.45, 7) is 8.31. The van der Waals surface area contributed by atoms with Gasteiger partial charge in [-0.25, -0.2) is 0 Å². The first-order valence-electron chi connectivity index (χ1n) is 5.00. The lowest BCUT2D eigenvalue weighted by atomic mass is 10.1. The zero-order chi connectivity index (χ0) is 10.6. The molecule has 0 atom stereocenters. The maximum absolute atomic E-state index is 4.27. The molecule has 0 aliphatic heterocycles. The Morgan fingerprint density at radius 1 is 1.36 bits per heavy atom. The lowest BCUT2D eigenvalue weighted by molar-refractivity contribution is 1.20.